The molecule has 0 amide bonds. The molecule has 1 aliphatic heterocycles. The third kappa shape index (κ3) is 3.07. The topological polar surface area (TPSA) is 49.6 Å². The Bertz CT molecular complexity index is 948. The highest BCUT2D eigenvalue weighted by molar-refractivity contribution is 9.10. The Balaban J connectivity index is 1.52. The molecule has 0 N–H and O–H groups in total. The molecule has 1 saturated heterocycles. The monoisotopic (exact) mass is 418 g/mol. The van der Waals surface area contributed by atoms with E-state index in [1.165, 1.54) is 6.33 Å². The summed E-state index contributed by atoms with van der Waals surface area (Å²) in [7, 11) is 0. The summed E-state index contributed by atoms with van der Waals surface area (Å²) in [4.78, 5) is 13.3. The molecule has 1 aromatic carbocycles. The van der Waals surface area contributed by atoms with E-state index in [0.717, 1.165) is 48.8 Å². The van der Waals surface area contributed by atoms with Gasteiger partial charge in [0.2, 0.25) is 0 Å². The van der Waals surface area contributed by atoms with Crippen LogP contribution in [0.15, 0.2) is 29.0 Å². The second-order valence-electron chi connectivity index (χ2n) is 6.59. The van der Waals surface area contributed by atoms with Gasteiger partial charge in [-0.1, -0.05) is 12.1 Å². The molecule has 0 radical (unpaired) electrons. The Morgan fingerprint density at radius 1 is 1.15 bits per heavy atom. The third-order valence-corrected chi connectivity index (χ3v) is 5.59. The normalized spacial score (nSPS) is 15.8. The Hall–Kier alpha value is -2.06. The molecule has 26 heavy (non-hydrogen) atoms. The average molecular weight is 419 g/mol. The van der Waals surface area contributed by atoms with Crippen LogP contribution in [-0.4, -0.2) is 50.7 Å². The summed E-state index contributed by atoms with van der Waals surface area (Å²) in [6.07, 6.45) is 1.54. The lowest BCUT2D eigenvalue weighted by Gasteiger charge is -2.36. The highest BCUT2D eigenvalue weighted by Gasteiger charge is 2.23. The van der Waals surface area contributed by atoms with Gasteiger partial charge in [-0.3, -0.25) is 4.90 Å². The molecule has 2 aromatic heterocycles. The predicted octanol–water partition coefficient (Wildman–Crippen LogP) is 2.96. The zero-order valence-electron chi connectivity index (χ0n) is 14.8. The zero-order valence-corrected chi connectivity index (χ0v) is 16.4. The van der Waals surface area contributed by atoms with E-state index in [1.807, 2.05) is 23.6 Å². The van der Waals surface area contributed by atoms with Crippen LogP contribution in [-0.2, 0) is 6.54 Å². The van der Waals surface area contributed by atoms with Crippen LogP contribution in [0.2, 0.25) is 0 Å². The van der Waals surface area contributed by atoms with Crippen molar-refractivity contribution in [2.45, 2.75) is 20.4 Å². The van der Waals surface area contributed by atoms with Crippen LogP contribution in [0.1, 0.15) is 16.8 Å². The second-order valence-corrected chi connectivity index (χ2v) is 7.45. The molecule has 3 heterocycles. The van der Waals surface area contributed by atoms with E-state index >= 15 is 0 Å². The van der Waals surface area contributed by atoms with Crippen LogP contribution >= 0.6 is 15.9 Å². The Morgan fingerprint density at radius 2 is 1.92 bits per heavy atom. The first-order valence-corrected chi connectivity index (χ1v) is 9.41. The second kappa shape index (κ2) is 6.92. The maximum atomic E-state index is 14.2. The summed E-state index contributed by atoms with van der Waals surface area (Å²) in [5.41, 5.74) is 2.82. The number of hydrogen-bond donors (Lipinski definition) is 0. The van der Waals surface area contributed by atoms with Gasteiger partial charge < -0.3 is 4.90 Å². The SMILES string of the molecule is Cc1nc2ncnn2c(N2CCN(Cc3cccc(Br)c3F)CC2)c1C. The summed E-state index contributed by atoms with van der Waals surface area (Å²) >= 11 is 3.26. The minimum atomic E-state index is -0.167. The van der Waals surface area contributed by atoms with Gasteiger partial charge in [-0.05, 0) is 35.8 Å². The van der Waals surface area contributed by atoms with Crippen molar-refractivity contribution in [1.29, 1.82) is 0 Å². The van der Waals surface area contributed by atoms with E-state index in [0.29, 0.717) is 16.8 Å². The maximum absolute atomic E-state index is 14.2. The summed E-state index contributed by atoms with van der Waals surface area (Å²) in [6, 6.07) is 5.46. The number of benzene rings is 1. The number of halogens is 2. The molecule has 136 valence electrons. The number of hydrogen-bond acceptors (Lipinski definition) is 5. The summed E-state index contributed by atoms with van der Waals surface area (Å²) in [5, 5.41) is 4.34. The lowest BCUT2D eigenvalue weighted by atomic mass is 10.1. The molecule has 0 aliphatic carbocycles. The minimum Gasteiger partial charge on any atom is -0.354 e. The molecule has 1 fully saturated rings. The lowest BCUT2D eigenvalue weighted by molar-refractivity contribution is 0.245. The summed E-state index contributed by atoms with van der Waals surface area (Å²) in [5.74, 6) is 1.51. The van der Waals surface area contributed by atoms with Crippen molar-refractivity contribution in [2.24, 2.45) is 0 Å². The fourth-order valence-electron chi connectivity index (χ4n) is 3.42. The number of rotatable bonds is 3. The summed E-state index contributed by atoms with van der Waals surface area (Å²) in [6.45, 7) is 8.13. The molecule has 0 atom stereocenters. The molecule has 0 unspecified atom stereocenters. The van der Waals surface area contributed by atoms with Crippen molar-refractivity contribution in [2.75, 3.05) is 31.1 Å². The maximum Gasteiger partial charge on any atom is 0.254 e. The quantitative estimate of drug-likeness (QED) is 0.654. The smallest absolute Gasteiger partial charge is 0.254 e. The molecule has 3 aromatic rings. The molecular formula is C18H20BrFN6. The largest absolute Gasteiger partial charge is 0.354 e. The van der Waals surface area contributed by atoms with Gasteiger partial charge in [0.1, 0.15) is 18.0 Å². The van der Waals surface area contributed by atoms with Gasteiger partial charge in [0.05, 0.1) is 4.47 Å². The van der Waals surface area contributed by atoms with Gasteiger partial charge in [-0.25, -0.2) is 9.37 Å². The van der Waals surface area contributed by atoms with Gasteiger partial charge >= 0.3 is 0 Å². The van der Waals surface area contributed by atoms with Crippen LogP contribution in [0.3, 0.4) is 0 Å². The first-order chi connectivity index (χ1) is 12.5. The Kier molecular flexibility index (Phi) is 4.62. The molecule has 4 rings (SSSR count). The van der Waals surface area contributed by atoms with Crippen molar-refractivity contribution >= 4 is 27.5 Å². The van der Waals surface area contributed by atoms with Crippen LogP contribution in [0.25, 0.3) is 5.78 Å². The molecule has 0 bridgehead atoms. The first-order valence-electron chi connectivity index (χ1n) is 8.61. The highest BCUT2D eigenvalue weighted by Crippen LogP contribution is 2.25. The molecule has 0 saturated carbocycles. The van der Waals surface area contributed by atoms with Crippen molar-refractivity contribution in [1.82, 2.24) is 24.5 Å². The van der Waals surface area contributed by atoms with Crippen molar-refractivity contribution in [3.05, 3.63) is 51.6 Å². The third-order valence-electron chi connectivity index (χ3n) is 4.97. The highest BCUT2D eigenvalue weighted by atomic mass is 79.9. The minimum absolute atomic E-state index is 0.167. The lowest BCUT2D eigenvalue weighted by Crippen LogP contribution is -2.47. The number of aromatic nitrogens is 4. The zero-order chi connectivity index (χ0) is 18.3. The van der Waals surface area contributed by atoms with Gasteiger partial charge in [0.15, 0.2) is 0 Å². The van der Waals surface area contributed by atoms with E-state index in [9.17, 15) is 4.39 Å². The van der Waals surface area contributed by atoms with Crippen LogP contribution in [0, 0.1) is 19.7 Å². The van der Waals surface area contributed by atoms with E-state index in [4.69, 9.17) is 0 Å². The van der Waals surface area contributed by atoms with E-state index < -0.39 is 0 Å². The van der Waals surface area contributed by atoms with E-state index in [1.54, 1.807) is 6.07 Å². The van der Waals surface area contributed by atoms with Gasteiger partial charge in [-0.2, -0.15) is 14.6 Å². The average Bonchev–Trinajstić information content (AvgIpc) is 3.09. The van der Waals surface area contributed by atoms with Crippen LogP contribution in [0.5, 0.6) is 0 Å². The number of anilines is 1. The van der Waals surface area contributed by atoms with E-state index in [-0.39, 0.29) is 5.82 Å². The van der Waals surface area contributed by atoms with Crippen LogP contribution in [0.4, 0.5) is 10.2 Å². The van der Waals surface area contributed by atoms with Gasteiger partial charge in [0, 0.05) is 49.5 Å². The molecule has 8 heteroatoms. The number of fused-ring (bicyclic) bond motifs is 1. The van der Waals surface area contributed by atoms with E-state index in [2.05, 4.69) is 47.7 Å². The summed E-state index contributed by atoms with van der Waals surface area (Å²) < 4.78 is 16.6. The number of piperazine rings is 1. The van der Waals surface area contributed by atoms with Gasteiger partial charge in [0.25, 0.3) is 5.78 Å². The fraction of sp³-hybridized carbons (Fsp3) is 0.389. The number of aryl methyl sites for hydroxylation is 1. The number of nitrogens with zero attached hydrogens (tertiary/aromatic N) is 6. The van der Waals surface area contributed by atoms with Gasteiger partial charge in [-0.15, -0.1) is 0 Å². The molecule has 0 spiro atoms. The van der Waals surface area contributed by atoms with Crippen molar-refractivity contribution < 1.29 is 4.39 Å². The Labute approximate surface area is 159 Å². The standard InChI is InChI=1S/C18H20BrFN6/c1-12-13(2)23-18-21-11-22-26(18)17(12)25-8-6-24(7-9-25)10-14-4-3-5-15(19)16(14)20/h3-5,11H,6-10H2,1-2H3. The first kappa shape index (κ1) is 17.4. The predicted molar refractivity (Wildman–Crippen MR) is 102 cm³/mol. The molecular weight excluding hydrogens is 399 g/mol. The van der Waals surface area contributed by atoms with Crippen molar-refractivity contribution in [3.63, 3.8) is 0 Å². The Morgan fingerprint density at radius 3 is 2.69 bits per heavy atom. The molecule has 6 nitrogen and oxygen atoms in total. The fourth-order valence-corrected chi connectivity index (χ4v) is 3.82. The molecule has 1 aliphatic rings. The van der Waals surface area contributed by atoms with Crippen LogP contribution < -0.4 is 4.90 Å². The van der Waals surface area contributed by atoms with Crippen molar-refractivity contribution in [3.8, 4) is 0 Å².